The van der Waals surface area contributed by atoms with Crippen LogP contribution in [0.15, 0.2) is 72.9 Å². The number of hydrogen-bond donors (Lipinski definition) is 0. The lowest BCUT2D eigenvalue weighted by molar-refractivity contribution is 0.413. The highest BCUT2D eigenvalue weighted by atomic mass is 14.9. The summed E-state index contributed by atoms with van der Waals surface area (Å²) in [6.45, 7) is 13.9. The topological polar surface area (TPSA) is 17.3 Å². The Kier molecular flexibility index (Phi) is 4.19. The van der Waals surface area contributed by atoms with Crippen LogP contribution in [0.2, 0.25) is 0 Å². The zero-order valence-electron chi connectivity index (χ0n) is 22.0. The predicted octanol–water partition coefficient (Wildman–Crippen LogP) is 9.42. The average Bonchev–Trinajstić information content (AvgIpc) is 3.16. The molecule has 0 aliphatic rings. The van der Waals surface area contributed by atoms with E-state index in [9.17, 15) is 0 Å². The molecule has 0 unspecified atom stereocenters. The van der Waals surface area contributed by atoms with Crippen molar-refractivity contribution in [3.8, 4) is 0 Å². The minimum atomic E-state index is 0.0782. The maximum Gasteiger partial charge on any atom is 0.0823 e. The Balaban J connectivity index is 1.85. The minimum Gasteiger partial charge on any atom is -0.308 e. The summed E-state index contributed by atoms with van der Waals surface area (Å²) < 4.78 is 2.58. The molecule has 0 fully saturated rings. The molecule has 36 heavy (non-hydrogen) atoms. The molecule has 3 aromatic heterocycles. The SMILES string of the molecule is CC(C)(C)Cc1c2ccccc2cc2c3nccc4ccc5c6ccc(C(C)(C)C)cc6n(c12)c5c43. The molecule has 0 bridgehead atoms. The van der Waals surface area contributed by atoms with E-state index in [1.165, 1.54) is 65.4 Å². The quantitative estimate of drug-likeness (QED) is 0.173. The number of nitrogens with zero attached hydrogens (tertiary/aromatic N) is 2. The van der Waals surface area contributed by atoms with Crippen molar-refractivity contribution in [2.75, 3.05) is 0 Å². The van der Waals surface area contributed by atoms with Gasteiger partial charge in [-0.3, -0.25) is 4.98 Å². The molecule has 2 nitrogen and oxygen atoms in total. The molecule has 2 heteroatoms. The first-order valence-electron chi connectivity index (χ1n) is 13.0. The van der Waals surface area contributed by atoms with Crippen LogP contribution < -0.4 is 0 Å². The summed E-state index contributed by atoms with van der Waals surface area (Å²) in [6.07, 6.45) is 2.97. The molecule has 0 radical (unpaired) electrons. The molecule has 0 atom stereocenters. The van der Waals surface area contributed by atoms with Crippen molar-refractivity contribution in [3.05, 3.63) is 84.1 Å². The van der Waals surface area contributed by atoms with Crippen LogP contribution >= 0.6 is 0 Å². The number of pyridine rings is 2. The van der Waals surface area contributed by atoms with Gasteiger partial charge in [0.05, 0.1) is 22.1 Å². The van der Waals surface area contributed by atoms with Crippen molar-refractivity contribution in [1.29, 1.82) is 0 Å². The molecular weight excluding hydrogens is 436 g/mol. The van der Waals surface area contributed by atoms with Crippen LogP contribution in [-0.4, -0.2) is 9.38 Å². The summed E-state index contributed by atoms with van der Waals surface area (Å²) in [7, 11) is 0. The highest BCUT2D eigenvalue weighted by molar-refractivity contribution is 6.28. The van der Waals surface area contributed by atoms with Crippen LogP contribution in [0.25, 0.3) is 59.8 Å². The highest BCUT2D eigenvalue weighted by Gasteiger charge is 2.25. The van der Waals surface area contributed by atoms with E-state index in [0.29, 0.717) is 0 Å². The van der Waals surface area contributed by atoms with Gasteiger partial charge in [-0.1, -0.05) is 90.1 Å². The van der Waals surface area contributed by atoms with Crippen molar-refractivity contribution in [2.45, 2.75) is 53.4 Å². The zero-order valence-corrected chi connectivity index (χ0v) is 22.0. The Morgan fingerprint density at radius 2 is 1.47 bits per heavy atom. The number of fused-ring (bicyclic) bond motifs is 7. The van der Waals surface area contributed by atoms with Crippen molar-refractivity contribution < 1.29 is 0 Å². The van der Waals surface area contributed by atoms with Gasteiger partial charge >= 0.3 is 0 Å². The van der Waals surface area contributed by atoms with E-state index in [-0.39, 0.29) is 10.8 Å². The van der Waals surface area contributed by atoms with E-state index in [1.807, 2.05) is 6.20 Å². The molecule has 0 amide bonds. The molecule has 7 aromatic rings. The van der Waals surface area contributed by atoms with Gasteiger partial charge in [0, 0.05) is 27.7 Å². The van der Waals surface area contributed by atoms with E-state index in [4.69, 9.17) is 4.98 Å². The Hall–Kier alpha value is -3.65. The average molecular weight is 469 g/mol. The lowest BCUT2D eigenvalue weighted by Gasteiger charge is -2.23. The third kappa shape index (κ3) is 2.94. The molecule has 0 aliphatic carbocycles. The monoisotopic (exact) mass is 468 g/mol. The highest BCUT2D eigenvalue weighted by Crippen LogP contribution is 2.44. The van der Waals surface area contributed by atoms with Crippen molar-refractivity contribution in [3.63, 3.8) is 0 Å². The van der Waals surface area contributed by atoms with E-state index < -0.39 is 0 Å². The van der Waals surface area contributed by atoms with Gasteiger partial charge < -0.3 is 4.40 Å². The molecule has 0 aliphatic heterocycles. The molecule has 0 N–H and O–H groups in total. The summed E-state index contributed by atoms with van der Waals surface area (Å²) in [4.78, 5) is 5.02. The van der Waals surface area contributed by atoms with Crippen LogP contribution in [0.5, 0.6) is 0 Å². The smallest absolute Gasteiger partial charge is 0.0823 e. The van der Waals surface area contributed by atoms with Gasteiger partial charge in [0.2, 0.25) is 0 Å². The van der Waals surface area contributed by atoms with Gasteiger partial charge in [0.25, 0.3) is 0 Å². The van der Waals surface area contributed by atoms with E-state index in [0.717, 1.165) is 11.9 Å². The second kappa shape index (κ2) is 6.97. The standard InChI is InChI=1S/C34H32N2/c1-33(2,3)19-27-23-10-8-7-9-21(23)17-26-30-29-20(15-16-35-30)11-13-25-24-14-12-22(34(4,5)6)18-28(24)36(31(26)27)32(25)29/h7-18H,19H2,1-6H3. The first-order valence-corrected chi connectivity index (χ1v) is 13.0. The molecule has 3 heterocycles. The minimum absolute atomic E-state index is 0.0782. The fourth-order valence-corrected chi connectivity index (χ4v) is 6.23. The van der Waals surface area contributed by atoms with Gasteiger partial charge in [-0.15, -0.1) is 0 Å². The molecule has 7 rings (SSSR count). The largest absolute Gasteiger partial charge is 0.308 e. The van der Waals surface area contributed by atoms with Gasteiger partial charge in [-0.2, -0.15) is 0 Å². The van der Waals surface area contributed by atoms with Gasteiger partial charge in [-0.05, 0) is 62.7 Å². The maximum atomic E-state index is 5.02. The van der Waals surface area contributed by atoms with Gasteiger partial charge in [0.1, 0.15) is 0 Å². The van der Waals surface area contributed by atoms with Crippen LogP contribution in [-0.2, 0) is 11.8 Å². The molecule has 0 saturated heterocycles. The normalized spacial score (nSPS) is 13.4. The first kappa shape index (κ1) is 21.6. The second-order valence-electron chi connectivity index (χ2n) is 12.7. The van der Waals surface area contributed by atoms with E-state index in [1.54, 1.807) is 0 Å². The summed E-state index contributed by atoms with van der Waals surface area (Å²) in [5.41, 5.74) is 8.03. The third-order valence-corrected chi connectivity index (χ3v) is 7.84. The van der Waals surface area contributed by atoms with E-state index in [2.05, 4.69) is 113 Å². The number of benzene rings is 4. The van der Waals surface area contributed by atoms with Crippen LogP contribution in [0, 0.1) is 5.41 Å². The first-order chi connectivity index (χ1) is 17.1. The van der Waals surface area contributed by atoms with Crippen LogP contribution in [0.3, 0.4) is 0 Å². The summed E-state index contributed by atoms with van der Waals surface area (Å²) >= 11 is 0. The molecule has 178 valence electrons. The lowest BCUT2D eigenvalue weighted by Crippen LogP contribution is -2.12. The van der Waals surface area contributed by atoms with E-state index >= 15 is 0 Å². The Labute approximate surface area is 211 Å². The molecule has 0 spiro atoms. The second-order valence-corrected chi connectivity index (χ2v) is 12.7. The Bertz CT molecular complexity index is 1970. The fourth-order valence-electron chi connectivity index (χ4n) is 6.23. The molecule has 4 aromatic carbocycles. The zero-order chi connectivity index (χ0) is 25.0. The van der Waals surface area contributed by atoms with Gasteiger partial charge in [0.15, 0.2) is 0 Å². The lowest BCUT2D eigenvalue weighted by atomic mass is 9.84. The Morgan fingerprint density at radius 3 is 2.25 bits per heavy atom. The fraction of sp³-hybridized carbons (Fsp3) is 0.265. The van der Waals surface area contributed by atoms with Crippen LogP contribution in [0.1, 0.15) is 52.7 Å². The number of rotatable bonds is 1. The van der Waals surface area contributed by atoms with Crippen molar-refractivity contribution >= 4 is 59.8 Å². The summed E-state index contributed by atoms with van der Waals surface area (Å²) in [6, 6.07) is 25.1. The maximum absolute atomic E-state index is 5.02. The summed E-state index contributed by atoms with van der Waals surface area (Å²) in [5, 5.41) is 9.04. The number of aromatic nitrogens is 2. The Morgan fingerprint density at radius 1 is 0.694 bits per heavy atom. The number of hydrogen-bond acceptors (Lipinski definition) is 1. The van der Waals surface area contributed by atoms with Crippen LogP contribution in [0.4, 0.5) is 0 Å². The molecule has 0 saturated carbocycles. The molecular formula is C34H32N2. The predicted molar refractivity (Wildman–Crippen MR) is 156 cm³/mol. The van der Waals surface area contributed by atoms with Crippen molar-refractivity contribution in [1.82, 2.24) is 9.38 Å². The summed E-state index contributed by atoms with van der Waals surface area (Å²) in [5.74, 6) is 0. The third-order valence-electron chi connectivity index (χ3n) is 7.84. The van der Waals surface area contributed by atoms with Crippen molar-refractivity contribution in [2.24, 2.45) is 5.41 Å². The van der Waals surface area contributed by atoms with Gasteiger partial charge in [-0.25, -0.2) is 0 Å².